The van der Waals surface area contributed by atoms with Gasteiger partial charge >= 0.3 is 17.1 Å². The SMILES string of the molecule is Cc1ccccc1-c1c2nc(c(-c3ccccc3S(=O)(=O)O)c3ccc([n-]3)c(-c3ccccc3S(=O)(=O)O)c3nc(c(-c4ccccc4C)c4ccc1[n-]4)C=C3)C=C2.[Cu+2]. The minimum atomic E-state index is -4.73. The molecule has 3 aromatic heterocycles. The van der Waals surface area contributed by atoms with E-state index < -0.39 is 20.2 Å². The van der Waals surface area contributed by atoms with Gasteiger partial charge in [-0.05, 0) is 94.8 Å². The molecule has 0 aliphatic carbocycles. The second kappa shape index (κ2) is 15.2. The van der Waals surface area contributed by atoms with Crippen molar-refractivity contribution < 1.29 is 43.0 Å². The Hall–Kier alpha value is -6.18. The summed E-state index contributed by atoms with van der Waals surface area (Å²) in [6.07, 6.45) is 7.24. The van der Waals surface area contributed by atoms with Gasteiger partial charge in [-0.1, -0.05) is 109 Å². The van der Waals surface area contributed by atoms with Gasteiger partial charge in [0.1, 0.15) is 9.79 Å². The molecule has 0 spiro atoms. The molecular weight excluding hydrogens is 832 g/mol. The van der Waals surface area contributed by atoms with Crippen LogP contribution >= 0.6 is 0 Å². The summed E-state index contributed by atoms with van der Waals surface area (Å²) in [4.78, 5) is 19.9. The maximum absolute atomic E-state index is 12.9. The first kappa shape index (κ1) is 39.6. The minimum Gasteiger partial charge on any atom is -0.657 e. The Morgan fingerprint density at radius 1 is 0.407 bits per heavy atom. The van der Waals surface area contributed by atoms with Crippen LogP contribution in [0, 0.1) is 13.8 Å². The fourth-order valence-corrected chi connectivity index (χ4v) is 9.09. The normalized spacial score (nSPS) is 12.4. The van der Waals surface area contributed by atoms with E-state index in [0.29, 0.717) is 44.9 Å². The van der Waals surface area contributed by atoms with Gasteiger partial charge in [-0.25, -0.2) is 9.97 Å². The van der Waals surface area contributed by atoms with E-state index in [1.54, 1.807) is 48.6 Å². The predicted molar refractivity (Wildman–Crippen MR) is 228 cm³/mol. The van der Waals surface area contributed by atoms with Crippen LogP contribution in [0.4, 0.5) is 0 Å². The third-order valence-corrected chi connectivity index (χ3v) is 12.1. The van der Waals surface area contributed by atoms with Crippen molar-refractivity contribution in [3.05, 3.63) is 155 Å². The zero-order valence-corrected chi connectivity index (χ0v) is 33.9. The molecule has 5 heterocycles. The molecule has 1 radical (unpaired) electrons. The van der Waals surface area contributed by atoms with E-state index in [4.69, 9.17) is 19.9 Å². The van der Waals surface area contributed by atoms with E-state index in [2.05, 4.69) is 0 Å². The number of hydrogen-bond acceptors (Lipinski definition) is 6. The van der Waals surface area contributed by atoms with Crippen molar-refractivity contribution in [3.8, 4) is 44.5 Å². The van der Waals surface area contributed by atoms with Crippen molar-refractivity contribution in [1.29, 1.82) is 0 Å². The monoisotopic (exact) mass is 863 g/mol. The number of nitrogens with zero attached hydrogens (tertiary/aromatic N) is 4. The molecule has 13 heteroatoms. The fourth-order valence-electron chi connectivity index (χ4n) is 7.69. The van der Waals surface area contributed by atoms with Gasteiger partial charge < -0.3 is 9.97 Å². The van der Waals surface area contributed by atoms with E-state index >= 15 is 0 Å². The average Bonchev–Trinajstić information content (AvgIpc) is 4.04. The van der Waals surface area contributed by atoms with Gasteiger partial charge in [-0.3, -0.25) is 9.11 Å². The first-order chi connectivity index (χ1) is 27.9. The standard InChI is InChI=1S/C46H32N4O6S2.Cu/c1-27-11-3-5-13-29(27)43-33-19-20-34(47-33)44(30-14-6-4-12-28(30)2)36-22-24-38(49-36)46(32-16-8-10-18-42(32)58(54,55)56)40-26-25-39(50-40)45(37-23-21-35(43)48-37)31-15-7-9-17-41(31)57(51,52)53;/h3-26H,1-2H3,(H,51,52,53)(H,54,55,56);/q-2;+2. The van der Waals surface area contributed by atoms with Gasteiger partial charge in [0.15, 0.2) is 0 Å². The quantitative estimate of drug-likeness (QED) is 0.122. The van der Waals surface area contributed by atoms with Crippen LogP contribution in [0.25, 0.3) is 90.9 Å². The maximum Gasteiger partial charge on any atom is 2.00 e. The molecule has 4 aromatic carbocycles. The van der Waals surface area contributed by atoms with Crippen LogP contribution in [0.3, 0.4) is 0 Å². The average molecular weight is 864 g/mol. The Balaban J connectivity index is 0.00000484. The number of aryl methyl sites for hydroxylation is 2. The van der Waals surface area contributed by atoms with E-state index in [1.807, 2.05) is 86.7 Å². The molecule has 0 saturated carbocycles. The number of aromatic nitrogens is 4. The van der Waals surface area contributed by atoms with Crippen LogP contribution < -0.4 is 9.97 Å². The van der Waals surface area contributed by atoms with Crippen LogP contribution in [0.2, 0.25) is 0 Å². The zero-order chi connectivity index (χ0) is 40.3. The van der Waals surface area contributed by atoms with Crippen molar-refractivity contribution >= 4 is 66.6 Å². The van der Waals surface area contributed by atoms with Gasteiger partial charge in [-0.15, -0.1) is 22.1 Å². The Labute approximate surface area is 351 Å². The topological polar surface area (TPSA) is 163 Å². The smallest absolute Gasteiger partial charge is 0.657 e. The molecule has 7 aromatic rings. The van der Waals surface area contributed by atoms with Gasteiger partial charge in [0.2, 0.25) is 0 Å². The predicted octanol–water partition coefficient (Wildman–Crippen LogP) is 9.69. The van der Waals surface area contributed by atoms with E-state index in [0.717, 1.165) is 33.4 Å². The molecule has 0 unspecified atom stereocenters. The van der Waals surface area contributed by atoms with Crippen molar-refractivity contribution in [3.63, 3.8) is 0 Å². The molecule has 0 saturated heterocycles. The molecule has 10 nitrogen and oxygen atoms in total. The molecule has 0 atom stereocenters. The molecule has 9 rings (SSSR count). The summed E-state index contributed by atoms with van der Waals surface area (Å²) >= 11 is 0. The summed E-state index contributed by atoms with van der Waals surface area (Å²) in [5, 5.41) is 0. The Morgan fingerprint density at radius 3 is 0.983 bits per heavy atom. The van der Waals surface area contributed by atoms with Crippen LogP contribution in [-0.2, 0) is 37.3 Å². The van der Waals surface area contributed by atoms with Gasteiger partial charge in [0, 0.05) is 11.1 Å². The maximum atomic E-state index is 12.9. The molecule has 8 bridgehead atoms. The molecule has 0 amide bonds. The second-order valence-corrected chi connectivity index (χ2v) is 16.7. The van der Waals surface area contributed by atoms with Crippen LogP contribution in [0.5, 0.6) is 0 Å². The Kier molecular flexibility index (Phi) is 10.2. The van der Waals surface area contributed by atoms with E-state index in [1.165, 1.54) is 24.3 Å². The first-order valence-electron chi connectivity index (χ1n) is 18.2. The third-order valence-electron chi connectivity index (χ3n) is 10.3. The molecular formula is C46H32CuN4O6S2. The van der Waals surface area contributed by atoms with E-state index in [-0.39, 0.29) is 49.0 Å². The number of benzene rings is 4. The first-order valence-corrected chi connectivity index (χ1v) is 21.1. The molecule has 2 N–H and O–H groups in total. The number of hydrogen-bond donors (Lipinski definition) is 2. The van der Waals surface area contributed by atoms with Crippen molar-refractivity contribution in [1.82, 2.24) is 19.9 Å². The second-order valence-electron chi connectivity index (χ2n) is 13.9. The van der Waals surface area contributed by atoms with Gasteiger partial charge in [0.25, 0.3) is 20.2 Å². The van der Waals surface area contributed by atoms with Crippen LogP contribution in [-0.4, -0.2) is 35.9 Å². The Morgan fingerprint density at radius 2 is 0.678 bits per heavy atom. The fraction of sp³-hybridized carbons (Fsp3) is 0.0435. The largest absolute Gasteiger partial charge is 2.00 e. The molecule has 2 aliphatic rings. The van der Waals surface area contributed by atoms with Crippen molar-refractivity contribution in [2.45, 2.75) is 23.6 Å². The zero-order valence-electron chi connectivity index (χ0n) is 31.3. The van der Waals surface area contributed by atoms with Crippen LogP contribution in [0.1, 0.15) is 33.9 Å². The summed E-state index contributed by atoms with van der Waals surface area (Å²) in [7, 11) is -9.46. The number of fused-ring (bicyclic) bond motifs is 8. The third kappa shape index (κ3) is 7.18. The van der Waals surface area contributed by atoms with Gasteiger partial charge in [-0.2, -0.15) is 16.8 Å². The summed E-state index contributed by atoms with van der Waals surface area (Å²) in [6.45, 7) is 4.03. The molecule has 59 heavy (non-hydrogen) atoms. The molecule has 295 valence electrons. The Bertz CT molecular complexity index is 3120. The molecule has 0 fully saturated rings. The van der Waals surface area contributed by atoms with Crippen molar-refractivity contribution in [2.24, 2.45) is 0 Å². The summed E-state index contributed by atoms with van der Waals surface area (Å²) in [6, 6.07) is 35.2. The summed E-state index contributed by atoms with van der Waals surface area (Å²) in [5.41, 5.74) is 9.88. The van der Waals surface area contributed by atoms with Gasteiger partial charge in [0.05, 0.1) is 22.8 Å². The molecule has 2 aliphatic heterocycles. The summed E-state index contributed by atoms with van der Waals surface area (Å²) < 4.78 is 72.4. The minimum absolute atomic E-state index is 0. The van der Waals surface area contributed by atoms with Crippen LogP contribution in [0.15, 0.2) is 131 Å². The summed E-state index contributed by atoms with van der Waals surface area (Å²) in [5.74, 6) is 0. The van der Waals surface area contributed by atoms with E-state index in [9.17, 15) is 25.9 Å². The van der Waals surface area contributed by atoms with Crippen molar-refractivity contribution in [2.75, 3.05) is 0 Å². The number of rotatable bonds is 6.